The summed E-state index contributed by atoms with van der Waals surface area (Å²) in [5.74, 6) is 1.36. The molecule has 3 aromatic rings. The molecule has 1 aromatic carbocycles. The van der Waals surface area contributed by atoms with Crippen LogP contribution >= 0.6 is 0 Å². The van der Waals surface area contributed by atoms with Crippen molar-refractivity contribution in [2.24, 2.45) is 0 Å². The lowest BCUT2D eigenvalue weighted by molar-refractivity contribution is 0.298. The molecule has 0 fully saturated rings. The lowest BCUT2D eigenvalue weighted by Crippen LogP contribution is -2.29. The van der Waals surface area contributed by atoms with Crippen molar-refractivity contribution in [3.8, 4) is 17.1 Å². The fourth-order valence-corrected chi connectivity index (χ4v) is 3.43. The van der Waals surface area contributed by atoms with Crippen molar-refractivity contribution >= 4 is 0 Å². The van der Waals surface area contributed by atoms with Gasteiger partial charge in [-0.25, -0.2) is 4.98 Å². The van der Waals surface area contributed by atoms with Gasteiger partial charge in [-0.1, -0.05) is 30.3 Å². The van der Waals surface area contributed by atoms with Crippen molar-refractivity contribution in [3.05, 3.63) is 75.0 Å². The molecule has 0 aliphatic rings. The van der Waals surface area contributed by atoms with Gasteiger partial charge in [0, 0.05) is 47.2 Å². The van der Waals surface area contributed by atoms with E-state index in [4.69, 9.17) is 9.72 Å². The minimum Gasteiger partial charge on any atom is -0.496 e. The van der Waals surface area contributed by atoms with E-state index in [0.717, 1.165) is 28.1 Å². The van der Waals surface area contributed by atoms with E-state index in [1.54, 1.807) is 17.9 Å². The average Bonchev–Trinajstić information content (AvgIpc) is 2.70. The second-order valence-corrected chi connectivity index (χ2v) is 6.78. The number of aromatic nitrogens is 3. The van der Waals surface area contributed by atoms with E-state index in [2.05, 4.69) is 4.98 Å². The fraction of sp³-hybridized carbons (Fsp3) is 0.318. The zero-order chi connectivity index (χ0) is 20.3. The van der Waals surface area contributed by atoms with E-state index in [1.165, 1.54) is 0 Å². The number of nitrogens with zero attached hydrogens (tertiary/aromatic N) is 3. The molecule has 1 N–H and O–H groups in total. The van der Waals surface area contributed by atoms with Gasteiger partial charge in [0.15, 0.2) is 0 Å². The smallest absolute Gasteiger partial charge is 0.257 e. The highest BCUT2D eigenvalue weighted by Gasteiger charge is 2.18. The van der Waals surface area contributed by atoms with Crippen molar-refractivity contribution in [1.82, 2.24) is 14.5 Å². The molecular weight excluding hydrogens is 354 g/mol. The Hall–Kier alpha value is -2.99. The fourth-order valence-electron chi connectivity index (χ4n) is 3.43. The predicted molar refractivity (Wildman–Crippen MR) is 109 cm³/mol. The Morgan fingerprint density at radius 1 is 1.14 bits per heavy atom. The molecule has 0 atom stereocenters. The van der Waals surface area contributed by atoms with E-state index in [9.17, 15) is 9.90 Å². The summed E-state index contributed by atoms with van der Waals surface area (Å²) in [5.41, 5.74) is 4.47. The number of rotatable bonds is 6. The molecule has 3 rings (SSSR count). The second-order valence-electron chi connectivity index (χ2n) is 6.78. The third-order valence-corrected chi connectivity index (χ3v) is 4.92. The molecule has 0 unspecified atom stereocenters. The average molecular weight is 379 g/mol. The third-order valence-electron chi connectivity index (χ3n) is 4.92. The van der Waals surface area contributed by atoms with Gasteiger partial charge < -0.3 is 9.84 Å². The number of aliphatic hydroxyl groups excluding tert-OH is 1. The van der Waals surface area contributed by atoms with Crippen LogP contribution in [0.25, 0.3) is 11.4 Å². The van der Waals surface area contributed by atoms with E-state index in [-0.39, 0.29) is 25.1 Å². The second kappa shape index (κ2) is 8.35. The number of methoxy groups -OCH3 is 1. The van der Waals surface area contributed by atoms with Crippen LogP contribution in [0.15, 0.2) is 41.3 Å². The quantitative estimate of drug-likeness (QED) is 0.713. The molecule has 0 aliphatic heterocycles. The Bertz CT molecular complexity index is 1040. The Labute approximate surface area is 164 Å². The zero-order valence-corrected chi connectivity index (χ0v) is 16.7. The van der Waals surface area contributed by atoms with Crippen LogP contribution in [0.3, 0.4) is 0 Å². The maximum atomic E-state index is 13.3. The summed E-state index contributed by atoms with van der Waals surface area (Å²) in [6, 6.07) is 9.62. The van der Waals surface area contributed by atoms with Crippen LogP contribution in [-0.4, -0.2) is 33.4 Å². The molecular formula is C22H25N3O3. The van der Waals surface area contributed by atoms with E-state index in [0.29, 0.717) is 17.1 Å². The SMILES string of the molecule is COc1c(C)cnc(Cn2c(-c3ccccc3)nc(C)c(CCO)c2=O)c1C. The van der Waals surface area contributed by atoms with Crippen LogP contribution in [0, 0.1) is 20.8 Å². The van der Waals surface area contributed by atoms with Gasteiger partial charge in [-0.2, -0.15) is 0 Å². The first kappa shape index (κ1) is 19.8. The van der Waals surface area contributed by atoms with Gasteiger partial charge in [0.05, 0.1) is 19.3 Å². The molecule has 0 saturated carbocycles. The van der Waals surface area contributed by atoms with Gasteiger partial charge in [0.2, 0.25) is 0 Å². The van der Waals surface area contributed by atoms with Crippen LogP contribution in [0.2, 0.25) is 0 Å². The van der Waals surface area contributed by atoms with Crippen LogP contribution < -0.4 is 10.3 Å². The minimum absolute atomic E-state index is 0.0991. The van der Waals surface area contributed by atoms with Crippen molar-refractivity contribution in [3.63, 3.8) is 0 Å². The molecule has 28 heavy (non-hydrogen) atoms. The lowest BCUT2D eigenvalue weighted by Gasteiger charge is -2.18. The Kier molecular flexibility index (Phi) is 5.90. The largest absolute Gasteiger partial charge is 0.496 e. The van der Waals surface area contributed by atoms with Crippen LogP contribution in [-0.2, 0) is 13.0 Å². The molecule has 6 nitrogen and oxygen atoms in total. The normalized spacial score (nSPS) is 10.9. The molecule has 0 spiro atoms. The summed E-state index contributed by atoms with van der Waals surface area (Å²) in [6.45, 7) is 5.87. The van der Waals surface area contributed by atoms with Crippen LogP contribution in [0.1, 0.15) is 28.1 Å². The van der Waals surface area contributed by atoms with Gasteiger partial charge in [-0.3, -0.25) is 14.3 Å². The highest BCUT2D eigenvalue weighted by Crippen LogP contribution is 2.25. The Balaban J connectivity index is 2.21. The molecule has 0 saturated heterocycles. The number of ether oxygens (including phenoxy) is 1. The van der Waals surface area contributed by atoms with Gasteiger partial charge in [0.1, 0.15) is 11.6 Å². The summed E-state index contributed by atoms with van der Waals surface area (Å²) < 4.78 is 7.14. The number of aryl methyl sites for hydroxylation is 2. The number of hydrogen-bond donors (Lipinski definition) is 1. The molecule has 6 heteroatoms. The zero-order valence-electron chi connectivity index (χ0n) is 16.7. The van der Waals surface area contributed by atoms with Gasteiger partial charge >= 0.3 is 0 Å². The minimum atomic E-state index is -0.152. The van der Waals surface area contributed by atoms with Gasteiger partial charge in [0.25, 0.3) is 5.56 Å². The molecule has 0 radical (unpaired) electrons. The molecule has 0 bridgehead atoms. The number of pyridine rings is 1. The molecule has 146 valence electrons. The van der Waals surface area contributed by atoms with Crippen molar-refractivity contribution in [2.75, 3.05) is 13.7 Å². The summed E-state index contributed by atoms with van der Waals surface area (Å²) in [5, 5.41) is 9.37. The molecule has 2 heterocycles. The molecule has 0 amide bonds. The summed E-state index contributed by atoms with van der Waals surface area (Å²) in [6.07, 6.45) is 2.03. The first-order valence-electron chi connectivity index (χ1n) is 9.23. The summed E-state index contributed by atoms with van der Waals surface area (Å²) in [7, 11) is 1.63. The lowest BCUT2D eigenvalue weighted by atomic mass is 10.1. The highest BCUT2D eigenvalue weighted by atomic mass is 16.5. The number of benzene rings is 1. The number of aliphatic hydroxyl groups is 1. The molecule has 0 aliphatic carbocycles. The standard InChI is InChI=1S/C22H25N3O3/c1-14-12-23-19(15(2)20(14)28-4)13-25-21(17-8-6-5-7-9-17)24-16(3)18(10-11-26)22(25)27/h5-9,12,26H,10-11,13H2,1-4H3. The van der Waals surface area contributed by atoms with E-state index < -0.39 is 0 Å². The maximum absolute atomic E-state index is 13.3. The van der Waals surface area contributed by atoms with Crippen molar-refractivity contribution in [1.29, 1.82) is 0 Å². The Morgan fingerprint density at radius 3 is 2.50 bits per heavy atom. The first-order valence-corrected chi connectivity index (χ1v) is 9.23. The number of hydrogen-bond acceptors (Lipinski definition) is 5. The third kappa shape index (κ3) is 3.68. The first-order chi connectivity index (χ1) is 13.5. The molecule has 2 aromatic heterocycles. The van der Waals surface area contributed by atoms with Crippen LogP contribution in [0.4, 0.5) is 0 Å². The highest BCUT2D eigenvalue weighted by molar-refractivity contribution is 5.56. The summed E-state index contributed by atoms with van der Waals surface area (Å²) in [4.78, 5) is 22.5. The van der Waals surface area contributed by atoms with E-state index in [1.807, 2.05) is 51.1 Å². The van der Waals surface area contributed by atoms with Crippen LogP contribution in [0.5, 0.6) is 5.75 Å². The monoisotopic (exact) mass is 379 g/mol. The topological polar surface area (TPSA) is 77.2 Å². The predicted octanol–water partition coefficient (Wildman–Crippen LogP) is 2.82. The van der Waals surface area contributed by atoms with Gasteiger partial charge in [-0.15, -0.1) is 0 Å². The van der Waals surface area contributed by atoms with E-state index >= 15 is 0 Å². The maximum Gasteiger partial charge on any atom is 0.257 e. The van der Waals surface area contributed by atoms with Gasteiger partial charge in [-0.05, 0) is 20.8 Å². The summed E-state index contributed by atoms with van der Waals surface area (Å²) >= 11 is 0. The Morgan fingerprint density at radius 2 is 1.86 bits per heavy atom. The van der Waals surface area contributed by atoms with Crippen molar-refractivity contribution < 1.29 is 9.84 Å². The van der Waals surface area contributed by atoms with Crippen molar-refractivity contribution in [2.45, 2.75) is 33.7 Å².